The van der Waals surface area contributed by atoms with Gasteiger partial charge in [-0.3, -0.25) is 4.90 Å². The van der Waals surface area contributed by atoms with Gasteiger partial charge in [0.25, 0.3) is 0 Å². The van der Waals surface area contributed by atoms with Gasteiger partial charge < -0.3 is 10.6 Å². The van der Waals surface area contributed by atoms with Crippen molar-refractivity contribution in [2.45, 2.75) is 57.7 Å². The average Bonchev–Trinajstić information content (AvgIpc) is 3.24. The zero-order chi connectivity index (χ0) is 23.1. The number of hydrogen-bond acceptors (Lipinski definition) is 8. The van der Waals surface area contributed by atoms with Crippen molar-refractivity contribution in [3.63, 3.8) is 0 Å². The van der Waals surface area contributed by atoms with E-state index in [2.05, 4.69) is 75.8 Å². The minimum Gasteiger partial charge on any atom is -0.365 e. The van der Waals surface area contributed by atoms with E-state index < -0.39 is 11.6 Å². The van der Waals surface area contributed by atoms with Gasteiger partial charge in [-0.2, -0.15) is 9.67 Å². The molecule has 0 amide bonds. The van der Waals surface area contributed by atoms with Gasteiger partial charge in [-0.15, -0.1) is 5.10 Å². The van der Waals surface area contributed by atoms with Gasteiger partial charge in [-0.05, 0) is 76.2 Å². The Kier molecular flexibility index (Phi) is 5.53. The van der Waals surface area contributed by atoms with Crippen LogP contribution in [0.1, 0.15) is 40.5 Å². The molecule has 1 fully saturated rings. The maximum Gasteiger partial charge on any atom is 0.229 e. The lowest BCUT2D eigenvalue weighted by atomic mass is 9.77. The molecule has 1 saturated heterocycles. The Morgan fingerprint density at radius 2 is 1.78 bits per heavy atom. The second-order valence-corrected chi connectivity index (χ2v) is 9.37. The van der Waals surface area contributed by atoms with E-state index >= 15 is 0 Å². The normalized spacial score (nSPS) is 18.5. The highest BCUT2D eigenvalue weighted by Gasteiger charge is 2.43. The largest absolute Gasteiger partial charge is 0.365 e. The predicted molar refractivity (Wildman–Crippen MR) is 117 cm³/mol. The van der Waals surface area contributed by atoms with Crippen LogP contribution in [0.25, 0.3) is 5.69 Å². The molecule has 0 spiro atoms. The van der Waals surface area contributed by atoms with Gasteiger partial charge in [-0.1, -0.05) is 0 Å². The van der Waals surface area contributed by atoms with Crippen LogP contribution < -0.4 is 10.6 Å². The van der Waals surface area contributed by atoms with Crippen molar-refractivity contribution in [3.8, 4) is 5.69 Å². The van der Waals surface area contributed by atoms with Crippen molar-refractivity contribution < 1.29 is 8.78 Å². The van der Waals surface area contributed by atoms with Crippen LogP contribution in [0.2, 0.25) is 0 Å². The molecular weight excluding hydrogens is 416 g/mol. The molecule has 0 unspecified atom stereocenters. The van der Waals surface area contributed by atoms with Crippen molar-refractivity contribution in [1.29, 1.82) is 0 Å². The van der Waals surface area contributed by atoms with Crippen molar-refractivity contribution in [2.24, 2.45) is 0 Å². The molecule has 2 N–H and O–H groups in total. The Morgan fingerprint density at radius 3 is 2.44 bits per heavy atom. The van der Waals surface area contributed by atoms with Crippen LogP contribution in [0.5, 0.6) is 0 Å². The molecule has 4 rings (SSSR count). The summed E-state index contributed by atoms with van der Waals surface area (Å²) in [6.07, 6.45) is 4.09. The number of aromatic nitrogens is 6. The highest BCUT2D eigenvalue weighted by atomic mass is 19.1. The van der Waals surface area contributed by atoms with E-state index in [1.165, 1.54) is 29.2 Å². The van der Waals surface area contributed by atoms with E-state index in [4.69, 9.17) is 0 Å². The summed E-state index contributed by atoms with van der Waals surface area (Å²) in [5, 5.41) is 17.0. The standard InChI is InChI=1S/C21H27F2N9/c1-20(2)9-14(10-21(3,4)31(20)5)26-18-16(23)11-24-19(28-18)27-13-6-7-15(22)17(8-13)32-12-25-29-30-32/h6-8,11-12,14H,9-10H2,1-5H3,(H2,24,26,27,28). The number of likely N-dealkylation sites (tertiary alicyclic amines) is 1. The van der Waals surface area contributed by atoms with Crippen LogP contribution >= 0.6 is 0 Å². The number of benzene rings is 1. The van der Waals surface area contributed by atoms with Gasteiger partial charge in [-0.25, -0.2) is 13.8 Å². The molecule has 170 valence electrons. The van der Waals surface area contributed by atoms with Gasteiger partial charge in [0.1, 0.15) is 17.8 Å². The molecule has 1 aromatic carbocycles. The third-order valence-corrected chi connectivity index (χ3v) is 6.19. The van der Waals surface area contributed by atoms with Crippen molar-refractivity contribution in [3.05, 3.63) is 42.4 Å². The molecule has 11 heteroatoms. The molecule has 0 radical (unpaired) electrons. The lowest BCUT2D eigenvalue weighted by molar-refractivity contribution is -0.00778. The van der Waals surface area contributed by atoms with Crippen LogP contribution in [-0.2, 0) is 0 Å². The zero-order valence-electron chi connectivity index (χ0n) is 18.8. The molecule has 0 saturated carbocycles. The van der Waals surface area contributed by atoms with E-state index in [9.17, 15) is 8.78 Å². The first-order chi connectivity index (χ1) is 15.0. The summed E-state index contributed by atoms with van der Waals surface area (Å²) < 4.78 is 29.9. The summed E-state index contributed by atoms with van der Waals surface area (Å²) in [7, 11) is 2.12. The summed E-state index contributed by atoms with van der Waals surface area (Å²) in [5.74, 6) is -0.697. The Morgan fingerprint density at radius 1 is 1.06 bits per heavy atom. The van der Waals surface area contributed by atoms with E-state index in [0.29, 0.717) is 5.69 Å². The molecule has 32 heavy (non-hydrogen) atoms. The highest BCUT2D eigenvalue weighted by molar-refractivity contribution is 5.58. The zero-order valence-corrected chi connectivity index (χ0v) is 18.8. The van der Waals surface area contributed by atoms with E-state index in [0.717, 1.165) is 19.0 Å². The third-order valence-electron chi connectivity index (χ3n) is 6.19. The Labute approximate surface area is 185 Å². The molecule has 3 heterocycles. The van der Waals surface area contributed by atoms with Crippen LogP contribution in [0.4, 0.5) is 26.2 Å². The van der Waals surface area contributed by atoms with Gasteiger partial charge in [0, 0.05) is 22.8 Å². The number of rotatable bonds is 5. The predicted octanol–water partition coefficient (Wildman–Crippen LogP) is 3.54. The van der Waals surface area contributed by atoms with Gasteiger partial charge in [0.05, 0.1) is 6.20 Å². The van der Waals surface area contributed by atoms with Gasteiger partial charge in [0.2, 0.25) is 5.95 Å². The minimum atomic E-state index is -0.529. The first kappa shape index (κ1) is 22.0. The number of nitrogens with zero attached hydrogens (tertiary/aromatic N) is 7. The van der Waals surface area contributed by atoms with Gasteiger partial charge in [0.15, 0.2) is 11.6 Å². The monoisotopic (exact) mass is 443 g/mol. The fourth-order valence-electron chi connectivity index (χ4n) is 4.36. The fourth-order valence-corrected chi connectivity index (χ4v) is 4.36. The first-order valence-electron chi connectivity index (χ1n) is 10.4. The maximum absolute atomic E-state index is 14.5. The smallest absolute Gasteiger partial charge is 0.229 e. The Hall–Kier alpha value is -3.21. The van der Waals surface area contributed by atoms with E-state index in [-0.39, 0.29) is 34.6 Å². The SMILES string of the molecule is CN1C(C)(C)CC(Nc2nc(Nc3ccc(F)c(-n4cnnn4)c3)ncc2F)CC1(C)C. The second kappa shape index (κ2) is 8.05. The van der Waals surface area contributed by atoms with Crippen LogP contribution in [0.15, 0.2) is 30.7 Å². The Bertz CT molecular complexity index is 1080. The van der Waals surface area contributed by atoms with Crippen molar-refractivity contribution >= 4 is 17.5 Å². The Balaban J connectivity index is 1.55. The first-order valence-corrected chi connectivity index (χ1v) is 10.4. The fraction of sp³-hybridized carbons (Fsp3) is 0.476. The number of nitrogens with one attached hydrogen (secondary N) is 2. The number of hydrogen-bond donors (Lipinski definition) is 2. The van der Waals surface area contributed by atoms with E-state index in [1.807, 2.05) is 0 Å². The summed E-state index contributed by atoms with van der Waals surface area (Å²) in [5.41, 5.74) is 0.572. The van der Waals surface area contributed by atoms with Crippen molar-refractivity contribution in [1.82, 2.24) is 35.1 Å². The lowest BCUT2D eigenvalue weighted by Crippen LogP contribution is -2.61. The average molecular weight is 444 g/mol. The molecule has 9 nitrogen and oxygen atoms in total. The van der Waals surface area contributed by atoms with Crippen LogP contribution in [-0.4, -0.2) is 59.2 Å². The summed E-state index contributed by atoms with van der Waals surface area (Å²) in [6.45, 7) is 8.73. The molecule has 1 aliphatic heterocycles. The topological polar surface area (TPSA) is 96.7 Å². The second-order valence-electron chi connectivity index (χ2n) is 9.37. The molecule has 0 atom stereocenters. The maximum atomic E-state index is 14.5. The molecule has 1 aliphatic rings. The molecule has 0 aliphatic carbocycles. The summed E-state index contributed by atoms with van der Waals surface area (Å²) >= 11 is 0. The van der Waals surface area contributed by atoms with E-state index in [1.54, 1.807) is 0 Å². The molecule has 3 aromatic rings. The van der Waals surface area contributed by atoms with Gasteiger partial charge >= 0.3 is 0 Å². The number of tetrazole rings is 1. The number of halogens is 2. The quantitative estimate of drug-likeness (QED) is 0.618. The highest BCUT2D eigenvalue weighted by Crippen LogP contribution is 2.38. The van der Waals surface area contributed by atoms with Crippen LogP contribution in [0.3, 0.4) is 0 Å². The minimum absolute atomic E-state index is 0.0469. The molecule has 0 bridgehead atoms. The van der Waals surface area contributed by atoms with Crippen molar-refractivity contribution in [2.75, 3.05) is 17.7 Å². The summed E-state index contributed by atoms with van der Waals surface area (Å²) in [6, 6.07) is 4.38. The van der Waals surface area contributed by atoms with Crippen LogP contribution in [0, 0.1) is 11.6 Å². The number of anilines is 3. The summed E-state index contributed by atoms with van der Waals surface area (Å²) in [4.78, 5) is 10.7. The third kappa shape index (κ3) is 4.38. The molecular formula is C21H27F2N9. The lowest BCUT2D eigenvalue weighted by Gasteiger charge is -2.53. The molecule has 2 aromatic heterocycles. The number of piperidine rings is 1.